The number of hydrogen-bond acceptors (Lipinski definition) is 1. The second-order valence-corrected chi connectivity index (χ2v) is 12.5. The molecule has 148 valence electrons. The molecule has 0 spiro atoms. The third-order valence-corrected chi connectivity index (χ3v) is 11.4. The Labute approximate surface area is 183 Å². The molecule has 6 aromatic rings. The third-order valence-electron chi connectivity index (χ3n) is 6.86. The number of phenols is 1. The van der Waals surface area contributed by atoms with Crippen molar-refractivity contribution >= 4 is 62.9 Å². The van der Waals surface area contributed by atoms with Crippen molar-refractivity contribution in [3.8, 4) is 5.75 Å². The Bertz CT molecular complexity index is 1530. The van der Waals surface area contributed by atoms with Crippen LogP contribution in [0.2, 0.25) is 0 Å². The summed E-state index contributed by atoms with van der Waals surface area (Å²) in [6, 6.07) is 39.0. The van der Waals surface area contributed by atoms with E-state index in [0.29, 0.717) is 5.75 Å². The number of hydrogen-bond donors (Lipinski definition) is 1. The maximum atomic E-state index is 9.94. The molecule has 6 rings (SSSR count). The fourth-order valence-electron chi connectivity index (χ4n) is 5.22. The van der Waals surface area contributed by atoms with Gasteiger partial charge in [0.05, 0.1) is 0 Å². The van der Waals surface area contributed by atoms with Crippen molar-refractivity contribution in [2.24, 2.45) is 0 Å². The predicted octanol–water partition coefficient (Wildman–Crippen LogP) is 4.86. The van der Waals surface area contributed by atoms with Crippen LogP contribution in [0.1, 0.15) is 0 Å². The second-order valence-electron chi connectivity index (χ2n) is 8.51. The molecule has 6 aromatic carbocycles. The summed E-state index contributed by atoms with van der Waals surface area (Å²) in [5.74, 6) is 0.309. The molecule has 0 saturated heterocycles. The van der Waals surface area contributed by atoms with E-state index < -0.39 is 7.14 Å². The van der Waals surface area contributed by atoms with Crippen LogP contribution in [0, 0.1) is 0 Å². The van der Waals surface area contributed by atoms with Crippen molar-refractivity contribution in [3.63, 3.8) is 0 Å². The van der Waals surface area contributed by atoms with Crippen LogP contribution in [0.25, 0.3) is 32.3 Å². The van der Waals surface area contributed by atoms with Crippen molar-refractivity contribution in [2.75, 3.05) is 0 Å². The van der Waals surface area contributed by atoms with E-state index >= 15 is 0 Å². The summed E-state index contributed by atoms with van der Waals surface area (Å²) in [5, 5.41) is 22.0. The van der Waals surface area contributed by atoms with E-state index in [2.05, 4.69) is 105 Å². The van der Waals surface area contributed by atoms with Crippen LogP contribution in [0.3, 0.4) is 0 Å². The fourth-order valence-corrected chi connectivity index (χ4v) is 9.03. The molecule has 0 amide bonds. The predicted molar refractivity (Wildman–Crippen MR) is 140 cm³/mol. The van der Waals surface area contributed by atoms with Crippen molar-refractivity contribution in [3.05, 3.63) is 109 Å². The van der Waals surface area contributed by atoms with Crippen LogP contribution >= 0.6 is 7.14 Å². The topological polar surface area (TPSA) is 20.2 Å². The van der Waals surface area contributed by atoms with Gasteiger partial charge in [-0.05, 0) is 0 Å². The number of benzene rings is 6. The average Bonchev–Trinajstić information content (AvgIpc) is 2.83. The van der Waals surface area contributed by atoms with Gasteiger partial charge >= 0.3 is 183 Å². The number of phenolic OH excluding ortho intramolecular Hbond substituents is 1. The standard InChI is InChI=1S/C28H22BOP/c29-31(23-7-2-1-3-8-23,24-15-13-22(30)14-16-24)26-18-12-21-10-9-19-5-4-6-20-11-17-25(26)28(21)27(19)20/h1-18,30-31H,29H2. The van der Waals surface area contributed by atoms with Gasteiger partial charge < -0.3 is 0 Å². The Balaban J connectivity index is 1.76. The molecule has 0 aliphatic carbocycles. The van der Waals surface area contributed by atoms with Gasteiger partial charge in [0.15, 0.2) is 0 Å². The van der Waals surface area contributed by atoms with Crippen molar-refractivity contribution < 1.29 is 5.11 Å². The van der Waals surface area contributed by atoms with E-state index in [4.69, 9.17) is 0 Å². The Kier molecular flexibility index (Phi) is 4.06. The first-order valence-electron chi connectivity index (χ1n) is 10.7. The summed E-state index contributed by atoms with van der Waals surface area (Å²) in [4.78, 5) is 0. The molecule has 0 fully saturated rings. The number of rotatable bonds is 3. The molecule has 0 aromatic heterocycles. The summed E-state index contributed by atoms with van der Waals surface area (Å²) < 4.78 is 0. The summed E-state index contributed by atoms with van der Waals surface area (Å²) in [5.41, 5.74) is 0. The van der Waals surface area contributed by atoms with Crippen LogP contribution in [-0.4, -0.2) is 12.7 Å². The average molecular weight is 416 g/mol. The molecule has 31 heavy (non-hydrogen) atoms. The molecule has 1 N–H and O–H groups in total. The van der Waals surface area contributed by atoms with E-state index in [-0.39, 0.29) is 0 Å². The van der Waals surface area contributed by atoms with E-state index in [1.54, 1.807) is 0 Å². The molecule has 1 nitrogen and oxygen atoms in total. The van der Waals surface area contributed by atoms with Gasteiger partial charge in [0, 0.05) is 0 Å². The first-order chi connectivity index (χ1) is 15.2. The molecule has 0 aliphatic rings. The van der Waals surface area contributed by atoms with E-state index in [1.165, 1.54) is 48.2 Å². The van der Waals surface area contributed by atoms with Gasteiger partial charge in [0.25, 0.3) is 0 Å². The first kappa shape index (κ1) is 18.4. The molecular weight excluding hydrogens is 394 g/mol. The molecule has 0 bridgehead atoms. The minimum atomic E-state index is -2.30. The summed E-state index contributed by atoms with van der Waals surface area (Å²) in [6.45, 7) is 0. The fraction of sp³-hybridized carbons (Fsp3) is 0. The Hall–Kier alpha value is -3.35. The molecule has 0 aliphatic heterocycles. The van der Waals surface area contributed by atoms with Crippen molar-refractivity contribution in [1.82, 2.24) is 0 Å². The maximum absolute atomic E-state index is 9.94. The number of aromatic hydroxyl groups is 1. The van der Waals surface area contributed by atoms with Gasteiger partial charge in [-0.1, -0.05) is 0 Å². The molecule has 0 heterocycles. The monoisotopic (exact) mass is 416 g/mol. The van der Waals surface area contributed by atoms with Gasteiger partial charge in [-0.25, -0.2) is 0 Å². The van der Waals surface area contributed by atoms with Crippen LogP contribution < -0.4 is 15.9 Å². The summed E-state index contributed by atoms with van der Waals surface area (Å²) >= 11 is 0. The third kappa shape index (κ3) is 2.69. The molecule has 0 unspecified atom stereocenters. The molecule has 3 heteroatoms. The van der Waals surface area contributed by atoms with Crippen LogP contribution in [-0.2, 0) is 0 Å². The van der Waals surface area contributed by atoms with E-state index in [0.717, 1.165) is 0 Å². The molecule has 0 radical (unpaired) electrons. The van der Waals surface area contributed by atoms with Crippen LogP contribution in [0.15, 0.2) is 109 Å². The molecule has 0 saturated carbocycles. The summed E-state index contributed by atoms with van der Waals surface area (Å²) in [7, 11) is 0.128. The zero-order valence-electron chi connectivity index (χ0n) is 17.3. The van der Waals surface area contributed by atoms with Gasteiger partial charge in [-0.2, -0.15) is 0 Å². The Morgan fingerprint density at radius 1 is 0.516 bits per heavy atom. The SMILES string of the molecule is B[PH](c1ccccc1)(c1ccc(O)cc1)c1ccc2ccc3cccc4ccc1c2c34. The molecule has 0 atom stereocenters. The Morgan fingerprint density at radius 2 is 1.10 bits per heavy atom. The van der Waals surface area contributed by atoms with E-state index in [9.17, 15) is 5.11 Å². The van der Waals surface area contributed by atoms with Gasteiger partial charge in [-0.15, -0.1) is 0 Å². The Morgan fingerprint density at radius 3 is 1.81 bits per heavy atom. The quantitative estimate of drug-likeness (QED) is 0.248. The van der Waals surface area contributed by atoms with Crippen LogP contribution in [0.5, 0.6) is 5.75 Å². The van der Waals surface area contributed by atoms with Gasteiger partial charge in [0.2, 0.25) is 0 Å². The zero-order valence-corrected chi connectivity index (χ0v) is 18.3. The second kappa shape index (κ2) is 6.84. The summed E-state index contributed by atoms with van der Waals surface area (Å²) in [6.07, 6.45) is 0. The van der Waals surface area contributed by atoms with Crippen molar-refractivity contribution in [1.29, 1.82) is 0 Å². The van der Waals surface area contributed by atoms with E-state index in [1.807, 2.05) is 12.1 Å². The minimum absolute atomic E-state index is 0.309. The van der Waals surface area contributed by atoms with Crippen LogP contribution in [0.4, 0.5) is 0 Å². The van der Waals surface area contributed by atoms with Gasteiger partial charge in [0.1, 0.15) is 0 Å². The first-order valence-corrected chi connectivity index (χ1v) is 13.2. The molecular formula is C28H22BOP. The van der Waals surface area contributed by atoms with Gasteiger partial charge in [-0.3, -0.25) is 0 Å². The zero-order chi connectivity index (χ0) is 21.0. The van der Waals surface area contributed by atoms with Crippen molar-refractivity contribution in [2.45, 2.75) is 0 Å². The normalized spacial score (nSPS) is 12.6.